The Morgan fingerprint density at radius 2 is 1.61 bits per heavy atom. The molecule has 1 unspecified atom stereocenters. The molecule has 8 heteroatoms. The topological polar surface area (TPSA) is 122 Å². The Bertz CT molecular complexity index is 1040. The van der Waals surface area contributed by atoms with Crippen LogP contribution in [0.15, 0.2) is 48.5 Å². The number of imide groups is 1. The van der Waals surface area contributed by atoms with Crippen molar-refractivity contribution in [3.63, 3.8) is 0 Å². The lowest BCUT2D eigenvalue weighted by atomic mass is 9.84. The van der Waals surface area contributed by atoms with Crippen LogP contribution < -0.4 is 16.4 Å². The number of urea groups is 1. The zero-order valence-corrected chi connectivity index (χ0v) is 18.0. The highest BCUT2D eigenvalue weighted by molar-refractivity contribution is 6.10. The summed E-state index contributed by atoms with van der Waals surface area (Å²) in [5.74, 6) is -1.62. The number of anilines is 1. The Labute approximate surface area is 180 Å². The molecule has 31 heavy (non-hydrogen) atoms. The Kier molecular flexibility index (Phi) is 5.59. The lowest BCUT2D eigenvalue weighted by molar-refractivity contribution is -0.133. The summed E-state index contributed by atoms with van der Waals surface area (Å²) in [6.07, 6.45) is 0. The molecule has 0 aliphatic carbocycles. The Hall–Kier alpha value is -3.68. The molecular weight excluding hydrogens is 396 g/mol. The number of nitrogens with zero attached hydrogens (tertiary/aromatic N) is 1. The van der Waals surface area contributed by atoms with E-state index >= 15 is 0 Å². The van der Waals surface area contributed by atoms with Gasteiger partial charge in [-0.3, -0.25) is 19.3 Å². The van der Waals surface area contributed by atoms with Crippen LogP contribution in [0.4, 0.5) is 10.5 Å². The molecule has 0 aromatic heterocycles. The van der Waals surface area contributed by atoms with Gasteiger partial charge in [-0.15, -0.1) is 0 Å². The molecule has 0 radical (unpaired) electrons. The van der Waals surface area contributed by atoms with Crippen molar-refractivity contribution in [3.05, 3.63) is 65.2 Å². The second kappa shape index (κ2) is 7.86. The highest BCUT2D eigenvalue weighted by Gasteiger charge is 2.49. The molecule has 1 aliphatic heterocycles. The quantitative estimate of drug-likeness (QED) is 0.641. The molecule has 2 aromatic carbocycles. The lowest BCUT2D eigenvalue weighted by Crippen LogP contribution is -2.42. The lowest BCUT2D eigenvalue weighted by Gasteiger charge is -2.24. The third-order valence-corrected chi connectivity index (χ3v) is 5.36. The molecule has 1 atom stereocenters. The van der Waals surface area contributed by atoms with Gasteiger partial charge in [0.1, 0.15) is 12.1 Å². The number of hydrogen-bond donors (Lipinski definition) is 3. The van der Waals surface area contributed by atoms with Gasteiger partial charge in [-0.05, 0) is 47.7 Å². The molecule has 8 nitrogen and oxygen atoms in total. The Morgan fingerprint density at radius 3 is 2.13 bits per heavy atom. The molecule has 5 amide bonds. The number of nitrogens with one attached hydrogen (secondary N) is 2. The van der Waals surface area contributed by atoms with Crippen molar-refractivity contribution in [3.8, 4) is 0 Å². The fourth-order valence-corrected chi connectivity index (χ4v) is 3.40. The van der Waals surface area contributed by atoms with Gasteiger partial charge in [-0.2, -0.15) is 0 Å². The van der Waals surface area contributed by atoms with Crippen molar-refractivity contribution in [1.29, 1.82) is 0 Å². The van der Waals surface area contributed by atoms with Gasteiger partial charge in [0.2, 0.25) is 11.8 Å². The molecule has 1 saturated heterocycles. The summed E-state index contributed by atoms with van der Waals surface area (Å²) in [5.41, 5.74) is 6.37. The molecule has 4 N–H and O–H groups in total. The minimum absolute atomic E-state index is 0.0395. The van der Waals surface area contributed by atoms with Crippen molar-refractivity contribution in [2.75, 3.05) is 11.9 Å². The van der Waals surface area contributed by atoms with Crippen molar-refractivity contribution >= 4 is 29.4 Å². The third kappa shape index (κ3) is 4.42. The fraction of sp³-hybridized carbons (Fsp3) is 0.304. The first-order valence-electron chi connectivity index (χ1n) is 9.86. The maximum absolute atomic E-state index is 13.0. The van der Waals surface area contributed by atoms with Crippen LogP contribution in [0.3, 0.4) is 0 Å². The van der Waals surface area contributed by atoms with Crippen LogP contribution in [0.25, 0.3) is 0 Å². The fourth-order valence-electron chi connectivity index (χ4n) is 3.40. The maximum Gasteiger partial charge on any atom is 0.325 e. The average molecular weight is 422 g/mol. The smallest absolute Gasteiger partial charge is 0.325 e. The van der Waals surface area contributed by atoms with E-state index in [9.17, 15) is 19.2 Å². The Morgan fingerprint density at radius 1 is 1.03 bits per heavy atom. The molecule has 3 rings (SSSR count). The first-order valence-corrected chi connectivity index (χ1v) is 9.86. The Balaban J connectivity index is 1.72. The number of carbonyl (C=O) groups excluding carboxylic acids is 4. The summed E-state index contributed by atoms with van der Waals surface area (Å²) in [6.45, 7) is 7.47. The van der Waals surface area contributed by atoms with Gasteiger partial charge in [0, 0.05) is 11.3 Å². The standard InChI is InChI=1S/C23H26N4O4/c1-22(2,3)15-7-9-16(10-8-15)23(4)20(30)27(21(31)26-23)13-18(28)25-17-11-5-14(6-12-17)19(24)29/h5-12H,13H2,1-4H3,(H2,24,29)(H,25,28)(H,26,31). The van der Waals surface area contributed by atoms with Crippen molar-refractivity contribution < 1.29 is 19.2 Å². The SMILES string of the molecule is CC(C)(C)c1ccc(C2(C)NC(=O)N(CC(=O)Nc3ccc(C(N)=O)cc3)C2=O)cc1. The van der Waals surface area contributed by atoms with Crippen LogP contribution >= 0.6 is 0 Å². The molecule has 0 spiro atoms. The normalized spacial score (nSPS) is 18.6. The van der Waals surface area contributed by atoms with E-state index in [-0.39, 0.29) is 5.41 Å². The predicted octanol–water partition coefficient (Wildman–Crippen LogP) is 2.49. The van der Waals surface area contributed by atoms with E-state index in [1.165, 1.54) is 24.3 Å². The minimum Gasteiger partial charge on any atom is -0.366 e. The largest absolute Gasteiger partial charge is 0.366 e. The summed E-state index contributed by atoms with van der Waals surface area (Å²) in [6, 6.07) is 12.9. The molecule has 162 valence electrons. The minimum atomic E-state index is -1.25. The molecule has 2 aromatic rings. The summed E-state index contributed by atoms with van der Waals surface area (Å²) < 4.78 is 0. The highest BCUT2D eigenvalue weighted by atomic mass is 16.2. The molecule has 1 aliphatic rings. The number of rotatable bonds is 5. The van der Waals surface area contributed by atoms with E-state index in [0.717, 1.165) is 10.5 Å². The number of hydrogen-bond acceptors (Lipinski definition) is 4. The van der Waals surface area contributed by atoms with Gasteiger partial charge in [0.25, 0.3) is 5.91 Å². The monoisotopic (exact) mass is 422 g/mol. The van der Waals surface area contributed by atoms with Gasteiger partial charge >= 0.3 is 6.03 Å². The number of primary amides is 1. The van der Waals surface area contributed by atoms with E-state index in [1.54, 1.807) is 6.92 Å². The van der Waals surface area contributed by atoms with Crippen LogP contribution in [0.5, 0.6) is 0 Å². The summed E-state index contributed by atoms with van der Waals surface area (Å²) in [4.78, 5) is 49.9. The summed E-state index contributed by atoms with van der Waals surface area (Å²) in [5, 5.41) is 5.30. The number of benzene rings is 2. The first-order chi connectivity index (χ1) is 14.4. The number of nitrogens with two attached hydrogens (primary N) is 1. The predicted molar refractivity (Wildman–Crippen MR) is 116 cm³/mol. The van der Waals surface area contributed by atoms with E-state index in [0.29, 0.717) is 16.8 Å². The number of amides is 5. The van der Waals surface area contributed by atoms with Gasteiger partial charge < -0.3 is 16.4 Å². The summed E-state index contributed by atoms with van der Waals surface area (Å²) >= 11 is 0. The van der Waals surface area contributed by atoms with E-state index in [4.69, 9.17) is 5.73 Å². The van der Waals surface area contributed by atoms with Crippen LogP contribution in [-0.2, 0) is 20.5 Å². The van der Waals surface area contributed by atoms with E-state index < -0.39 is 35.8 Å². The van der Waals surface area contributed by atoms with Gasteiger partial charge in [0.05, 0.1) is 0 Å². The third-order valence-electron chi connectivity index (χ3n) is 5.36. The molecular formula is C23H26N4O4. The van der Waals surface area contributed by atoms with Crippen LogP contribution in [0.1, 0.15) is 49.2 Å². The van der Waals surface area contributed by atoms with Gasteiger partial charge in [-0.1, -0.05) is 45.0 Å². The zero-order valence-electron chi connectivity index (χ0n) is 18.0. The summed E-state index contributed by atoms with van der Waals surface area (Å²) in [7, 11) is 0. The number of carbonyl (C=O) groups is 4. The van der Waals surface area contributed by atoms with Crippen LogP contribution in [-0.4, -0.2) is 35.2 Å². The second-order valence-corrected chi connectivity index (χ2v) is 8.76. The van der Waals surface area contributed by atoms with E-state index in [1.807, 2.05) is 24.3 Å². The van der Waals surface area contributed by atoms with Crippen molar-refractivity contribution in [2.45, 2.75) is 38.6 Å². The second-order valence-electron chi connectivity index (χ2n) is 8.76. The van der Waals surface area contributed by atoms with Gasteiger partial charge in [-0.25, -0.2) is 4.79 Å². The maximum atomic E-state index is 13.0. The molecule has 0 bridgehead atoms. The first kappa shape index (κ1) is 22.0. The average Bonchev–Trinajstić information content (AvgIpc) is 2.92. The van der Waals surface area contributed by atoms with Crippen LogP contribution in [0.2, 0.25) is 0 Å². The van der Waals surface area contributed by atoms with Crippen molar-refractivity contribution in [2.24, 2.45) is 5.73 Å². The van der Waals surface area contributed by atoms with Crippen LogP contribution in [0, 0.1) is 0 Å². The zero-order chi connectivity index (χ0) is 23.0. The molecule has 0 saturated carbocycles. The van der Waals surface area contributed by atoms with Gasteiger partial charge in [0.15, 0.2) is 0 Å². The molecule has 1 heterocycles. The van der Waals surface area contributed by atoms with E-state index in [2.05, 4.69) is 31.4 Å². The molecule has 1 fully saturated rings. The van der Waals surface area contributed by atoms with Crippen molar-refractivity contribution in [1.82, 2.24) is 10.2 Å². The highest BCUT2D eigenvalue weighted by Crippen LogP contribution is 2.31.